The molecule has 1 aromatic carbocycles. The Kier molecular flexibility index (Phi) is 3.49. The van der Waals surface area contributed by atoms with Crippen LogP contribution < -0.4 is 5.73 Å². The molecule has 3 nitrogen and oxygen atoms in total. The summed E-state index contributed by atoms with van der Waals surface area (Å²) in [4.78, 5) is 0. The smallest absolute Gasteiger partial charge is 0.119 e. The van der Waals surface area contributed by atoms with Crippen LogP contribution in [-0.2, 0) is 6.42 Å². The predicted molar refractivity (Wildman–Crippen MR) is 56.3 cm³/mol. The molecule has 0 aliphatic carbocycles. The highest BCUT2D eigenvalue weighted by Gasteiger charge is 2.08. The van der Waals surface area contributed by atoms with Gasteiger partial charge in [-0.2, -0.15) is 0 Å². The van der Waals surface area contributed by atoms with Crippen molar-refractivity contribution in [2.24, 2.45) is 5.73 Å². The van der Waals surface area contributed by atoms with Gasteiger partial charge in [0.25, 0.3) is 0 Å². The lowest BCUT2D eigenvalue weighted by Crippen LogP contribution is -2.26. The van der Waals surface area contributed by atoms with Gasteiger partial charge in [-0.05, 0) is 43.0 Å². The zero-order valence-electron chi connectivity index (χ0n) is 8.62. The Balaban J connectivity index is 2.92. The average molecular weight is 195 g/mol. The minimum absolute atomic E-state index is 0.0631. The highest BCUT2D eigenvalue weighted by atomic mass is 16.3. The van der Waals surface area contributed by atoms with Gasteiger partial charge in [-0.25, -0.2) is 0 Å². The molecule has 0 aromatic heterocycles. The molecule has 0 heterocycles. The minimum atomic E-state index is -0.303. The van der Waals surface area contributed by atoms with Gasteiger partial charge in [-0.3, -0.25) is 0 Å². The number of aliphatic hydroxyl groups excluding tert-OH is 1. The Morgan fingerprint density at radius 1 is 1.29 bits per heavy atom. The van der Waals surface area contributed by atoms with Gasteiger partial charge in [0.15, 0.2) is 0 Å². The third kappa shape index (κ3) is 2.47. The van der Waals surface area contributed by atoms with Crippen molar-refractivity contribution < 1.29 is 10.2 Å². The van der Waals surface area contributed by atoms with E-state index >= 15 is 0 Å². The number of phenols is 1. The lowest BCUT2D eigenvalue weighted by molar-refractivity contribution is 0.264. The van der Waals surface area contributed by atoms with Crippen LogP contribution in [0.4, 0.5) is 0 Å². The van der Waals surface area contributed by atoms with Gasteiger partial charge in [0.1, 0.15) is 5.75 Å². The van der Waals surface area contributed by atoms with Crippen LogP contribution in [0.5, 0.6) is 5.75 Å². The number of hydrogen-bond acceptors (Lipinski definition) is 3. The average Bonchev–Trinajstić information content (AvgIpc) is 2.14. The number of hydrogen-bond donors (Lipinski definition) is 3. The van der Waals surface area contributed by atoms with E-state index in [2.05, 4.69) is 0 Å². The van der Waals surface area contributed by atoms with E-state index in [0.29, 0.717) is 6.42 Å². The van der Waals surface area contributed by atoms with E-state index in [1.54, 1.807) is 6.07 Å². The number of nitrogens with two attached hydrogens (primary N) is 1. The SMILES string of the molecule is Cc1cc(O)c(CC(N)CO)cc1C. The monoisotopic (exact) mass is 195 g/mol. The summed E-state index contributed by atoms with van der Waals surface area (Å²) in [5.74, 6) is 0.261. The first-order chi connectivity index (χ1) is 6.54. The molecule has 78 valence electrons. The lowest BCUT2D eigenvalue weighted by Gasteiger charge is -2.11. The van der Waals surface area contributed by atoms with Crippen LogP contribution in [0.25, 0.3) is 0 Å². The molecule has 1 unspecified atom stereocenters. The zero-order valence-corrected chi connectivity index (χ0v) is 8.62. The number of phenolic OH excluding ortho intramolecular Hbond substituents is 1. The second-order valence-corrected chi connectivity index (χ2v) is 3.71. The summed E-state index contributed by atoms with van der Waals surface area (Å²) >= 11 is 0. The maximum Gasteiger partial charge on any atom is 0.119 e. The molecule has 1 rings (SSSR count). The Bertz CT molecular complexity index is 323. The fourth-order valence-electron chi connectivity index (χ4n) is 1.37. The lowest BCUT2D eigenvalue weighted by atomic mass is 10.0. The van der Waals surface area contributed by atoms with E-state index in [1.165, 1.54) is 0 Å². The van der Waals surface area contributed by atoms with Crippen molar-refractivity contribution in [1.29, 1.82) is 0 Å². The summed E-state index contributed by atoms with van der Waals surface area (Å²) in [7, 11) is 0. The summed E-state index contributed by atoms with van der Waals surface area (Å²) in [6, 6.07) is 3.34. The Labute approximate surface area is 84.2 Å². The van der Waals surface area contributed by atoms with E-state index in [-0.39, 0.29) is 18.4 Å². The van der Waals surface area contributed by atoms with E-state index in [0.717, 1.165) is 16.7 Å². The van der Waals surface area contributed by atoms with Crippen molar-refractivity contribution in [3.8, 4) is 5.75 Å². The second kappa shape index (κ2) is 4.44. The van der Waals surface area contributed by atoms with Crippen molar-refractivity contribution in [3.63, 3.8) is 0 Å². The molecule has 3 heteroatoms. The molecular formula is C11H17NO2. The molecule has 0 aliphatic heterocycles. The number of aromatic hydroxyl groups is 1. The number of aryl methyl sites for hydroxylation is 2. The molecule has 0 saturated carbocycles. The second-order valence-electron chi connectivity index (χ2n) is 3.71. The van der Waals surface area contributed by atoms with Gasteiger partial charge in [-0.1, -0.05) is 6.07 Å². The van der Waals surface area contributed by atoms with Crippen molar-refractivity contribution in [2.45, 2.75) is 26.3 Å². The highest BCUT2D eigenvalue weighted by Crippen LogP contribution is 2.22. The molecule has 0 fully saturated rings. The minimum Gasteiger partial charge on any atom is -0.508 e. The van der Waals surface area contributed by atoms with Gasteiger partial charge in [0, 0.05) is 6.04 Å². The largest absolute Gasteiger partial charge is 0.508 e. The topological polar surface area (TPSA) is 66.5 Å². The number of benzene rings is 1. The van der Waals surface area contributed by atoms with Crippen molar-refractivity contribution >= 4 is 0 Å². The van der Waals surface area contributed by atoms with Crippen LogP contribution in [-0.4, -0.2) is 22.9 Å². The van der Waals surface area contributed by atoms with Gasteiger partial charge < -0.3 is 15.9 Å². The molecule has 0 bridgehead atoms. The highest BCUT2D eigenvalue weighted by molar-refractivity contribution is 5.41. The van der Waals surface area contributed by atoms with Crippen LogP contribution >= 0.6 is 0 Å². The molecule has 0 radical (unpaired) electrons. The van der Waals surface area contributed by atoms with E-state index in [9.17, 15) is 5.11 Å². The molecule has 1 atom stereocenters. The van der Waals surface area contributed by atoms with Crippen LogP contribution in [0.15, 0.2) is 12.1 Å². The van der Waals surface area contributed by atoms with Crippen molar-refractivity contribution in [2.75, 3.05) is 6.61 Å². The summed E-state index contributed by atoms with van der Waals surface area (Å²) < 4.78 is 0. The quantitative estimate of drug-likeness (QED) is 0.670. The molecule has 0 aliphatic rings. The van der Waals surface area contributed by atoms with Crippen LogP contribution in [0, 0.1) is 13.8 Å². The third-order valence-corrected chi connectivity index (χ3v) is 2.41. The summed E-state index contributed by atoms with van der Waals surface area (Å²) in [5.41, 5.74) is 8.59. The molecule has 4 N–H and O–H groups in total. The maximum absolute atomic E-state index is 9.62. The molecule has 1 aromatic rings. The predicted octanol–water partition coefficient (Wildman–Crippen LogP) is 0.871. The summed E-state index contributed by atoms with van der Waals surface area (Å²) in [6.07, 6.45) is 0.503. The Hall–Kier alpha value is -1.06. The third-order valence-electron chi connectivity index (χ3n) is 2.41. The normalized spacial score (nSPS) is 12.9. The van der Waals surface area contributed by atoms with Crippen LogP contribution in [0.2, 0.25) is 0 Å². The molecule has 0 spiro atoms. The molecule has 14 heavy (non-hydrogen) atoms. The zero-order chi connectivity index (χ0) is 10.7. The number of aliphatic hydroxyl groups is 1. The van der Waals surface area contributed by atoms with E-state index in [4.69, 9.17) is 10.8 Å². The van der Waals surface area contributed by atoms with Crippen molar-refractivity contribution in [3.05, 3.63) is 28.8 Å². The standard InChI is InChI=1S/C11H17NO2/c1-7-3-9(5-10(12)6-13)11(14)4-8(7)2/h3-4,10,13-14H,5-6,12H2,1-2H3. The molecular weight excluding hydrogens is 178 g/mol. The van der Waals surface area contributed by atoms with Gasteiger partial charge in [0.05, 0.1) is 6.61 Å². The van der Waals surface area contributed by atoms with Crippen LogP contribution in [0.1, 0.15) is 16.7 Å². The van der Waals surface area contributed by atoms with Crippen molar-refractivity contribution in [1.82, 2.24) is 0 Å². The fraction of sp³-hybridized carbons (Fsp3) is 0.455. The Morgan fingerprint density at radius 3 is 2.43 bits per heavy atom. The van der Waals surface area contributed by atoms with Crippen LogP contribution in [0.3, 0.4) is 0 Å². The fourth-order valence-corrected chi connectivity index (χ4v) is 1.37. The van der Waals surface area contributed by atoms with Gasteiger partial charge in [0.2, 0.25) is 0 Å². The Morgan fingerprint density at radius 2 is 1.86 bits per heavy atom. The summed E-state index contributed by atoms with van der Waals surface area (Å²) in [5, 5.41) is 18.4. The van der Waals surface area contributed by atoms with E-state index in [1.807, 2.05) is 19.9 Å². The summed E-state index contributed by atoms with van der Waals surface area (Å²) in [6.45, 7) is 3.87. The number of rotatable bonds is 3. The van der Waals surface area contributed by atoms with E-state index < -0.39 is 0 Å². The maximum atomic E-state index is 9.62. The first-order valence-corrected chi connectivity index (χ1v) is 4.70. The van der Waals surface area contributed by atoms with Gasteiger partial charge >= 0.3 is 0 Å². The molecule has 0 amide bonds. The first kappa shape index (κ1) is 11.0. The first-order valence-electron chi connectivity index (χ1n) is 4.70. The van der Waals surface area contributed by atoms with Gasteiger partial charge in [-0.15, -0.1) is 0 Å². The molecule has 0 saturated heterocycles.